The first-order valence-electron chi connectivity index (χ1n) is 2.61. The van der Waals surface area contributed by atoms with E-state index in [0.717, 1.165) is 0 Å². The molecule has 0 rings (SSSR count). The molecule has 0 saturated heterocycles. The molecule has 10 heavy (non-hydrogen) atoms. The Kier molecular flexibility index (Phi) is 18.4. The van der Waals surface area contributed by atoms with E-state index in [-0.39, 0.29) is 52.8 Å². The summed E-state index contributed by atoms with van der Waals surface area (Å²) >= 11 is 0. The maximum Gasteiger partial charge on any atom is 1.00 e. The van der Waals surface area contributed by atoms with Gasteiger partial charge in [-0.1, -0.05) is 26.7 Å². The van der Waals surface area contributed by atoms with Crippen LogP contribution in [0.3, 0.4) is 0 Å². The van der Waals surface area contributed by atoms with Gasteiger partial charge in [0, 0.05) is 0 Å². The third-order valence-electron chi connectivity index (χ3n) is 0.500. The van der Waals surface area contributed by atoms with Crippen molar-refractivity contribution in [1.29, 1.82) is 0 Å². The quantitative estimate of drug-likeness (QED) is 0.386. The van der Waals surface area contributed by atoms with Crippen LogP contribution in [0.1, 0.15) is 28.1 Å². The van der Waals surface area contributed by atoms with Gasteiger partial charge in [0.25, 0.3) is 0 Å². The zero-order valence-corrected chi connectivity index (χ0v) is 10.5. The first-order valence-corrected chi connectivity index (χ1v) is 4.01. The summed E-state index contributed by atoms with van der Waals surface area (Å²) < 4.78 is 31.6. The predicted octanol–water partition coefficient (Wildman–Crippen LogP) is -1.73. The largest absolute Gasteiger partial charge is 1.00 e. The van der Waals surface area contributed by atoms with E-state index in [1.807, 2.05) is 0 Å². The molecule has 0 aromatic rings. The van der Waals surface area contributed by atoms with Crippen LogP contribution in [0.25, 0.3) is 0 Å². The summed E-state index contributed by atoms with van der Waals surface area (Å²) in [7, 11) is -4.67. The average Bonchev–Trinajstić information content (AvgIpc) is 1.61. The Bertz CT molecular complexity index is 125. The summed E-state index contributed by atoms with van der Waals surface area (Å²) in [5, 5.41) is 0. The Morgan fingerprint density at radius 1 is 1.20 bits per heavy atom. The fourth-order valence-electron chi connectivity index (χ4n) is 0. The molecule has 0 radical (unpaired) electrons. The van der Waals surface area contributed by atoms with Gasteiger partial charge in [0.15, 0.2) is 0 Å². The summed E-state index contributed by atoms with van der Waals surface area (Å²) in [6.45, 7) is 4.36. The Hall–Kier alpha value is 1.51. The van der Waals surface area contributed by atoms with Crippen molar-refractivity contribution in [2.45, 2.75) is 26.7 Å². The molecular weight excluding hydrogens is 183 g/mol. The molecule has 60 valence electrons. The van der Waals surface area contributed by atoms with E-state index in [1.54, 1.807) is 0 Å². The molecule has 0 aromatic heterocycles. The third-order valence-corrected chi connectivity index (χ3v) is 0.500. The molecule has 0 heterocycles. The van der Waals surface area contributed by atoms with Crippen molar-refractivity contribution in [2.24, 2.45) is 0 Å². The van der Waals surface area contributed by atoms with E-state index < -0.39 is 10.4 Å². The van der Waals surface area contributed by atoms with Gasteiger partial charge in [0.1, 0.15) is 0 Å². The van der Waals surface area contributed by atoms with Gasteiger partial charge >= 0.3 is 61.8 Å². The fourth-order valence-corrected chi connectivity index (χ4v) is 0. The van der Waals surface area contributed by atoms with E-state index in [9.17, 15) is 0 Å². The van der Waals surface area contributed by atoms with Gasteiger partial charge in [-0.25, -0.2) is 0 Å². The maximum absolute atomic E-state index is 8.74. The molecule has 0 spiro atoms. The molecule has 0 fully saturated rings. The second kappa shape index (κ2) is 10.5. The molecule has 6 heteroatoms. The van der Waals surface area contributed by atoms with Gasteiger partial charge < -0.3 is 1.43 Å². The molecule has 0 aliphatic rings. The van der Waals surface area contributed by atoms with Crippen molar-refractivity contribution in [3.05, 3.63) is 0 Å². The normalized spacial score (nSPS) is 8.80. The number of rotatable bonds is 1. The zero-order chi connectivity index (χ0) is 7.91. The van der Waals surface area contributed by atoms with Crippen molar-refractivity contribution in [1.82, 2.24) is 0 Å². The fraction of sp³-hybridized carbons (Fsp3) is 1.00. The van der Waals surface area contributed by atoms with Gasteiger partial charge in [0.05, 0.1) is 0 Å². The molecule has 0 unspecified atom stereocenters. The molecule has 0 saturated carbocycles. The van der Waals surface area contributed by atoms with E-state index >= 15 is 0 Å². The van der Waals surface area contributed by atoms with E-state index in [1.165, 1.54) is 12.8 Å². The van der Waals surface area contributed by atoms with Crippen molar-refractivity contribution >= 4 is 10.4 Å². The first-order chi connectivity index (χ1) is 3.91. The number of unbranched alkanes of at least 4 members (excludes halogenated alkanes) is 1. The predicted molar refractivity (Wildman–Crippen MR) is 35.9 cm³/mol. The molecular formula is C4H13KO4S. The van der Waals surface area contributed by atoms with Crippen LogP contribution in [0.2, 0.25) is 0 Å². The molecule has 0 aromatic carbocycles. The molecule has 0 aliphatic carbocycles. The molecule has 0 bridgehead atoms. The van der Waals surface area contributed by atoms with Crippen LogP contribution in [-0.4, -0.2) is 17.5 Å². The van der Waals surface area contributed by atoms with E-state index in [0.29, 0.717) is 0 Å². The molecule has 0 atom stereocenters. The molecule has 0 aliphatic heterocycles. The molecule has 0 amide bonds. The molecule has 4 nitrogen and oxygen atoms in total. The Balaban J connectivity index is -0.0000000383. The van der Waals surface area contributed by atoms with E-state index in [2.05, 4.69) is 13.8 Å². The summed E-state index contributed by atoms with van der Waals surface area (Å²) in [6.07, 6.45) is 2.64. The number of hydrogen-bond acceptors (Lipinski definition) is 2. The minimum absolute atomic E-state index is 0. The smallest absolute Gasteiger partial charge is 1.00 e. The van der Waals surface area contributed by atoms with Crippen LogP contribution >= 0.6 is 0 Å². The number of hydrogen-bond donors (Lipinski definition) is 2. The van der Waals surface area contributed by atoms with Gasteiger partial charge in [0.2, 0.25) is 0 Å². The van der Waals surface area contributed by atoms with Crippen LogP contribution in [-0.2, 0) is 10.4 Å². The molecule has 2 N–H and O–H groups in total. The summed E-state index contributed by atoms with van der Waals surface area (Å²) in [4.78, 5) is 0. The van der Waals surface area contributed by atoms with Gasteiger partial charge in [-0.2, -0.15) is 8.42 Å². The van der Waals surface area contributed by atoms with Crippen LogP contribution in [0.15, 0.2) is 0 Å². The van der Waals surface area contributed by atoms with Gasteiger partial charge in [-0.05, 0) is 0 Å². The summed E-state index contributed by atoms with van der Waals surface area (Å²) in [6, 6.07) is 0. The minimum atomic E-state index is -4.67. The average molecular weight is 196 g/mol. The van der Waals surface area contributed by atoms with Crippen LogP contribution in [0.4, 0.5) is 0 Å². The monoisotopic (exact) mass is 196 g/mol. The van der Waals surface area contributed by atoms with Crippen LogP contribution in [0, 0.1) is 0 Å². The zero-order valence-electron chi connectivity index (χ0n) is 7.53. The SMILES string of the molecule is CCCC.O=S(=O)(O)O.[H-].[K+]. The minimum Gasteiger partial charge on any atom is -1.00 e. The van der Waals surface area contributed by atoms with Crippen molar-refractivity contribution < 1.29 is 70.3 Å². The van der Waals surface area contributed by atoms with Crippen LogP contribution < -0.4 is 51.4 Å². The van der Waals surface area contributed by atoms with Gasteiger partial charge in [-0.15, -0.1) is 0 Å². The summed E-state index contributed by atoms with van der Waals surface area (Å²) in [5.74, 6) is 0. The Labute approximate surface area is 106 Å². The topological polar surface area (TPSA) is 74.6 Å². The van der Waals surface area contributed by atoms with Crippen molar-refractivity contribution in [3.63, 3.8) is 0 Å². The Morgan fingerprint density at radius 3 is 1.30 bits per heavy atom. The third kappa shape index (κ3) is 110. The van der Waals surface area contributed by atoms with Crippen molar-refractivity contribution in [3.8, 4) is 0 Å². The second-order valence-corrected chi connectivity index (χ2v) is 2.34. The maximum atomic E-state index is 8.74. The van der Waals surface area contributed by atoms with Crippen LogP contribution in [0.5, 0.6) is 0 Å². The van der Waals surface area contributed by atoms with Gasteiger partial charge in [-0.3, -0.25) is 9.11 Å². The Morgan fingerprint density at radius 2 is 1.30 bits per heavy atom. The summed E-state index contributed by atoms with van der Waals surface area (Å²) in [5.41, 5.74) is 0. The second-order valence-electron chi connectivity index (χ2n) is 1.45. The van der Waals surface area contributed by atoms with E-state index in [4.69, 9.17) is 17.5 Å². The standard InChI is InChI=1S/C4H10.K.H2O4S.H/c1-3-4-2;;1-5(2,3)4;/h3-4H2,1-2H3;;(H2,1,2,3,4);/q;+1;;-1. The van der Waals surface area contributed by atoms with Crippen molar-refractivity contribution in [2.75, 3.05) is 0 Å². The first kappa shape index (κ1) is 17.6.